The number of nitrogens with one attached hydrogen (secondary N) is 3. The lowest BCUT2D eigenvalue weighted by atomic mass is 10.3. The third-order valence-corrected chi connectivity index (χ3v) is 2.01. The molecule has 0 unspecified atom stereocenters. The summed E-state index contributed by atoms with van der Waals surface area (Å²) >= 11 is 0. The fourth-order valence-corrected chi connectivity index (χ4v) is 1.27. The van der Waals surface area contributed by atoms with Crippen LogP contribution in [0.5, 0.6) is 6.01 Å². The molecular weight excluding hydrogens is 250 g/mol. The van der Waals surface area contributed by atoms with Crippen LogP contribution in [0, 0.1) is 0 Å². The first kappa shape index (κ1) is 14.9. The average Bonchev–Trinajstić information content (AvgIpc) is 2.37. The van der Waals surface area contributed by atoms with E-state index in [0.29, 0.717) is 13.0 Å². The number of amides is 1. The summed E-state index contributed by atoms with van der Waals surface area (Å²) in [4.78, 5) is 23.2. The summed E-state index contributed by atoms with van der Waals surface area (Å²) in [5.74, 6) is 5.65. The topological polar surface area (TPSA) is 127 Å². The van der Waals surface area contributed by atoms with Gasteiger partial charge in [-0.15, -0.1) is 0 Å². The number of nitrogen functional groups attached to an aromatic ring is 1. The van der Waals surface area contributed by atoms with Gasteiger partial charge in [-0.2, -0.15) is 15.0 Å². The van der Waals surface area contributed by atoms with Crippen LogP contribution in [0.3, 0.4) is 0 Å². The number of nitrogens with two attached hydrogens (primary N) is 1. The van der Waals surface area contributed by atoms with Crippen LogP contribution in [-0.2, 0) is 4.79 Å². The number of ether oxygens (including phenoxy) is 1. The first-order chi connectivity index (χ1) is 9.05. The SMILES string of the molecule is COc1nc(NN)nc(NCCC(=O)NC(C)C)n1. The second-order valence-corrected chi connectivity index (χ2v) is 4.01. The van der Waals surface area contributed by atoms with Crippen molar-refractivity contribution in [2.75, 3.05) is 24.4 Å². The zero-order valence-corrected chi connectivity index (χ0v) is 11.2. The Morgan fingerprint density at radius 3 is 2.58 bits per heavy atom. The van der Waals surface area contributed by atoms with Crippen molar-refractivity contribution in [3.8, 4) is 6.01 Å². The Morgan fingerprint density at radius 2 is 2.00 bits per heavy atom. The molecule has 9 nitrogen and oxygen atoms in total. The summed E-state index contributed by atoms with van der Waals surface area (Å²) in [7, 11) is 1.44. The van der Waals surface area contributed by atoms with Gasteiger partial charge < -0.3 is 15.4 Å². The van der Waals surface area contributed by atoms with Crippen LogP contribution in [0.1, 0.15) is 20.3 Å². The van der Waals surface area contributed by atoms with Crippen LogP contribution in [0.4, 0.5) is 11.9 Å². The molecular formula is C10H19N7O2. The zero-order valence-electron chi connectivity index (χ0n) is 11.2. The van der Waals surface area contributed by atoms with Gasteiger partial charge in [-0.25, -0.2) is 5.84 Å². The quantitative estimate of drug-likeness (QED) is 0.385. The number of rotatable bonds is 7. The molecule has 0 bridgehead atoms. The molecule has 1 amide bonds. The number of nitrogens with zero attached hydrogens (tertiary/aromatic N) is 3. The summed E-state index contributed by atoms with van der Waals surface area (Å²) in [6, 6.07) is 0.259. The molecule has 0 fully saturated rings. The van der Waals surface area contributed by atoms with Gasteiger partial charge in [0, 0.05) is 19.0 Å². The Hall–Kier alpha value is -2.16. The van der Waals surface area contributed by atoms with E-state index in [2.05, 4.69) is 31.0 Å². The highest BCUT2D eigenvalue weighted by molar-refractivity contribution is 5.76. The van der Waals surface area contributed by atoms with Crippen molar-refractivity contribution >= 4 is 17.8 Å². The van der Waals surface area contributed by atoms with Gasteiger partial charge in [0.25, 0.3) is 0 Å². The first-order valence-corrected chi connectivity index (χ1v) is 5.85. The smallest absolute Gasteiger partial charge is 0.322 e. The van der Waals surface area contributed by atoms with Gasteiger partial charge >= 0.3 is 6.01 Å². The number of hydrazine groups is 1. The largest absolute Gasteiger partial charge is 0.467 e. The van der Waals surface area contributed by atoms with Crippen molar-refractivity contribution in [2.24, 2.45) is 5.84 Å². The number of carbonyl (C=O) groups is 1. The minimum absolute atomic E-state index is 0.0410. The molecule has 9 heteroatoms. The predicted molar refractivity (Wildman–Crippen MR) is 70.6 cm³/mol. The third kappa shape index (κ3) is 5.34. The van der Waals surface area contributed by atoms with Gasteiger partial charge in [-0.05, 0) is 13.8 Å². The lowest BCUT2D eigenvalue weighted by molar-refractivity contribution is -0.121. The molecule has 0 saturated heterocycles. The fraction of sp³-hybridized carbons (Fsp3) is 0.600. The molecule has 0 aliphatic carbocycles. The molecule has 1 rings (SSSR count). The number of hydrogen-bond acceptors (Lipinski definition) is 8. The van der Waals surface area contributed by atoms with Crippen LogP contribution < -0.4 is 26.6 Å². The van der Waals surface area contributed by atoms with E-state index in [1.807, 2.05) is 13.8 Å². The molecule has 106 valence electrons. The van der Waals surface area contributed by atoms with Crippen LogP contribution >= 0.6 is 0 Å². The van der Waals surface area contributed by atoms with Crippen LogP contribution in [0.2, 0.25) is 0 Å². The Bertz CT molecular complexity index is 402. The Labute approximate surface area is 111 Å². The van der Waals surface area contributed by atoms with Crippen LogP contribution in [-0.4, -0.2) is 40.6 Å². The molecule has 19 heavy (non-hydrogen) atoms. The van der Waals surface area contributed by atoms with Crippen molar-refractivity contribution in [1.29, 1.82) is 0 Å². The van der Waals surface area contributed by atoms with Crippen molar-refractivity contribution in [3.63, 3.8) is 0 Å². The molecule has 5 N–H and O–H groups in total. The van der Waals surface area contributed by atoms with Crippen molar-refractivity contribution in [2.45, 2.75) is 26.3 Å². The van der Waals surface area contributed by atoms with E-state index in [9.17, 15) is 4.79 Å². The number of methoxy groups -OCH3 is 1. The minimum Gasteiger partial charge on any atom is -0.467 e. The molecule has 1 aromatic rings. The molecule has 0 aromatic carbocycles. The number of aromatic nitrogens is 3. The summed E-state index contributed by atoms with van der Waals surface area (Å²) in [6.45, 7) is 4.21. The van der Waals surface area contributed by atoms with E-state index in [0.717, 1.165) is 0 Å². The van der Waals surface area contributed by atoms with Gasteiger partial charge in [-0.1, -0.05) is 0 Å². The Balaban J connectivity index is 2.50. The van der Waals surface area contributed by atoms with Gasteiger partial charge in [0.15, 0.2) is 0 Å². The maximum atomic E-state index is 11.4. The van der Waals surface area contributed by atoms with Crippen molar-refractivity contribution in [1.82, 2.24) is 20.3 Å². The highest BCUT2D eigenvalue weighted by Crippen LogP contribution is 2.09. The number of carbonyl (C=O) groups excluding carboxylic acids is 1. The third-order valence-electron chi connectivity index (χ3n) is 2.01. The van der Waals surface area contributed by atoms with E-state index in [4.69, 9.17) is 10.6 Å². The minimum atomic E-state index is -0.0410. The van der Waals surface area contributed by atoms with Crippen LogP contribution in [0.25, 0.3) is 0 Å². The Morgan fingerprint density at radius 1 is 1.32 bits per heavy atom. The summed E-state index contributed by atoms with van der Waals surface area (Å²) in [5, 5.41) is 5.68. The lowest BCUT2D eigenvalue weighted by Gasteiger charge is -2.09. The highest BCUT2D eigenvalue weighted by Gasteiger charge is 2.07. The summed E-state index contributed by atoms with van der Waals surface area (Å²) in [5.41, 5.74) is 2.31. The van der Waals surface area contributed by atoms with E-state index in [1.54, 1.807) is 0 Å². The molecule has 0 aliphatic heterocycles. The molecule has 0 aliphatic rings. The summed E-state index contributed by atoms with van der Waals surface area (Å²) < 4.78 is 4.90. The van der Waals surface area contributed by atoms with Gasteiger partial charge in [0.1, 0.15) is 0 Å². The highest BCUT2D eigenvalue weighted by atomic mass is 16.5. The molecule has 0 spiro atoms. The Kier molecular flexibility index (Phi) is 5.73. The molecule has 0 radical (unpaired) electrons. The van der Waals surface area contributed by atoms with E-state index >= 15 is 0 Å². The maximum absolute atomic E-state index is 11.4. The summed E-state index contributed by atoms with van der Waals surface area (Å²) in [6.07, 6.45) is 0.317. The molecule has 0 atom stereocenters. The van der Waals surface area contributed by atoms with Gasteiger partial charge in [0.05, 0.1) is 7.11 Å². The molecule has 1 heterocycles. The van der Waals surface area contributed by atoms with Crippen LogP contribution in [0.15, 0.2) is 0 Å². The average molecular weight is 269 g/mol. The van der Waals surface area contributed by atoms with E-state index in [1.165, 1.54) is 7.11 Å². The van der Waals surface area contributed by atoms with E-state index < -0.39 is 0 Å². The van der Waals surface area contributed by atoms with E-state index in [-0.39, 0.29) is 29.9 Å². The first-order valence-electron chi connectivity index (χ1n) is 5.85. The van der Waals surface area contributed by atoms with Crippen molar-refractivity contribution in [3.05, 3.63) is 0 Å². The zero-order chi connectivity index (χ0) is 14.3. The normalized spacial score (nSPS) is 10.2. The standard InChI is InChI=1S/C10H19N7O2/c1-6(2)13-7(18)4-5-12-8-14-9(17-11)16-10(15-8)19-3/h6H,4-5,11H2,1-3H3,(H,13,18)(H2,12,14,15,16,17). The molecule has 0 saturated carbocycles. The van der Waals surface area contributed by atoms with Gasteiger partial charge in [-0.3, -0.25) is 10.2 Å². The predicted octanol–water partition coefficient (Wildman–Crippen LogP) is -0.508. The van der Waals surface area contributed by atoms with Gasteiger partial charge in [0.2, 0.25) is 17.8 Å². The molecule has 1 aromatic heterocycles. The van der Waals surface area contributed by atoms with Crippen molar-refractivity contribution < 1.29 is 9.53 Å². The second kappa shape index (κ2) is 7.31. The fourth-order valence-electron chi connectivity index (χ4n) is 1.27. The monoisotopic (exact) mass is 269 g/mol. The number of hydrogen-bond donors (Lipinski definition) is 4. The lowest BCUT2D eigenvalue weighted by Crippen LogP contribution is -2.31. The maximum Gasteiger partial charge on any atom is 0.322 e. The second-order valence-electron chi connectivity index (χ2n) is 4.01. The number of anilines is 2.